The molecular formula is C11H9ClN2S. The molecule has 1 aromatic rings. The lowest BCUT2D eigenvalue weighted by Crippen LogP contribution is -2.17. The average Bonchev–Trinajstić information content (AvgIpc) is 2.63. The normalized spacial score (nSPS) is 10.3. The Hall–Kier alpha value is -1.29. The van der Waals surface area contributed by atoms with Gasteiger partial charge in [0.2, 0.25) is 0 Å². The third kappa shape index (κ3) is 2.83. The molecule has 0 aliphatic rings. The molecule has 4 heteroatoms. The molecule has 0 aliphatic heterocycles. The van der Waals surface area contributed by atoms with Crippen LogP contribution in [0.4, 0.5) is 0 Å². The highest BCUT2D eigenvalue weighted by atomic mass is 35.5. The highest BCUT2D eigenvalue weighted by Crippen LogP contribution is 2.31. The molecule has 0 amide bonds. The van der Waals surface area contributed by atoms with Crippen LogP contribution in [0.2, 0.25) is 4.34 Å². The van der Waals surface area contributed by atoms with Crippen molar-refractivity contribution in [1.29, 1.82) is 10.5 Å². The third-order valence-corrected chi connectivity index (χ3v) is 3.26. The van der Waals surface area contributed by atoms with Crippen LogP contribution in [0.25, 0.3) is 0 Å². The van der Waals surface area contributed by atoms with E-state index in [0.29, 0.717) is 17.2 Å². The molecule has 0 saturated carbocycles. The number of hydrogen-bond acceptors (Lipinski definition) is 3. The van der Waals surface area contributed by atoms with E-state index < -0.39 is 5.41 Å². The summed E-state index contributed by atoms with van der Waals surface area (Å²) in [6.45, 7) is 3.56. The summed E-state index contributed by atoms with van der Waals surface area (Å²) in [7, 11) is 0. The van der Waals surface area contributed by atoms with Gasteiger partial charge in [-0.05, 0) is 18.6 Å². The van der Waals surface area contributed by atoms with Crippen molar-refractivity contribution in [3.63, 3.8) is 0 Å². The Morgan fingerprint density at radius 3 is 2.53 bits per heavy atom. The molecule has 1 heterocycles. The van der Waals surface area contributed by atoms with Gasteiger partial charge < -0.3 is 0 Å². The zero-order valence-electron chi connectivity index (χ0n) is 8.03. The SMILES string of the molecule is C=CCC(C#N)(C#N)Cc1ccc(Cl)s1. The fourth-order valence-corrected chi connectivity index (χ4v) is 2.46. The van der Waals surface area contributed by atoms with E-state index in [1.165, 1.54) is 11.3 Å². The number of halogens is 1. The smallest absolute Gasteiger partial charge is 0.152 e. The molecule has 0 fully saturated rings. The van der Waals surface area contributed by atoms with Gasteiger partial charge in [-0.15, -0.1) is 17.9 Å². The summed E-state index contributed by atoms with van der Waals surface area (Å²) in [5.74, 6) is 0. The van der Waals surface area contributed by atoms with Crippen molar-refractivity contribution >= 4 is 22.9 Å². The van der Waals surface area contributed by atoms with E-state index in [9.17, 15) is 0 Å². The summed E-state index contributed by atoms with van der Waals surface area (Å²) >= 11 is 7.19. The van der Waals surface area contributed by atoms with Gasteiger partial charge in [0, 0.05) is 11.3 Å². The molecule has 1 aromatic heterocycles. The molecule has 0 bridgehead atoms. The average molecular weight is 237 g/mol. The highest BCUT2D eigenvalue weighted by molar-refractivity contribution is 7.16. The Labute approximate surface area is 98.0 Å². The van der Waals surface area contributed by atoms with E-state index in [0.717, 1.165) is 4.88 Å². The zero-order valence-corrected chi connectivity index (χ0v) is 9.61. The van der Waals surface area contributed by atoms with E-state index in [1.54, 1.807) is 12.1 Å². The van der Waals surface area contributed by atoms with Crippen LogP contribution in [0.15, 0.2) is 24.8 Å². The van der Waals surface area contributed by atoms with Crippen molar-refractivity contribution in [1.82, 2.24) is 0 Å². The first kappa shape index (κ1) is 11.8. The minimum atomic E-state index is -1.00. The summed E-state index contributed by atoms with van der Waals surface area (Å²) in [6, 6.07) is 7.73. The van der Waals surface area contributed by atoms with Crippen LogP contribution in [0.1, 0.15) is 11.3 Å². The topological polar surface area (TPSA) is 47.6 Å². The van der Waals surface area contributed by atoms with Gasteiger partial charge >= 0.3 is 0 Å². The summed E-state index contributed by atoms with van der Waals surface area (Å²) in [6.07, 6.45) is 2.38. The third-order valence-electron chi connectivity index (χ3n) is 2.03. The Morgan fingerprint density at radius 2 is 2.13 bits per heavy atom. The van der Waals surface area contributed by atoms with Crippen molar-refractivity contribution in [3.05, 3.63) is 34.0 Å². The number of rotatable bonds is 4. The Kier molecular flexibility index (Phi) is 3.91. The van der Waals surface area contributed by atoms with Crippen molar-refractivity contribution in [2.24, 2.45) is 5.41 Å². The first-order chi connectivity index (χ1) is 7.15. The van der Waals surface area contributed by atoms with Crippen molar-refractivity contribution in [2.45, 2.75) is 12.8 Å². The van der Waals surface area contributed by atoms with Gasteiger partial charge in [-0.2, -0.15) is 10.5 Å². The zero-order chi connectivity index (χ0) is 11.3. The molecule has 0 aliphatic carbocycles. The second-order valence-electron chi connectivity index (χ2n) is 3.18. The molecule has 15 heavy (non-hydrogen) atoms. The van der Waals surface area contributed by atoms with E-state index >= 15 is 0 Å². The van der Waals surface area contributed by atoms with Crippen molar-refractivity contribution in [2.75, 3.05) is 0 Å². The summed E-state index contributed by atoms with van der Waals surface area (Å²) in [5, 5.41) is 18.1. The molecule has 0 radical (unpaired) electrons. The molecule has 76 valence electrons. The van der Waals surface area contributed by atoms with E-state index in [2.05, 4.69) is 18.7 Å². The van der Waals surface area contributed by atoms with E-state index in [4.69, 9.17) is 22.1 Å². The Balaban J connectivity index is 2.90. The van der Waals surface area contributed by atoms with Gasteiger partial charge in [0.15, 0.2) is 5.41 Å². The van der Waals surface area contributed by atoms with Crippen LogP contribution in [0.5, 0.6) is 0 Å². The van der Waals surface area contributed by atoms with Crippen molar-refractivity contribution < 1.29 is 0 Å². The maximum absolute atomic E-state index is 9.03. The molecule has 1 rings (SSSR count). The summed E-state index contributed by atoms with van der Waals surface area (Å²) < 4.78 is 0.674. The standard InChI is InChI=1S/C11H9ClN2S/c1-2-5-11(7-13,8-14)6-9-3-4-10(12)15-9/h2-4H,1,5-6H2. The van der Waals surface area contributed by atoms with Crippen LogP contribution in [-0.4, -0.2) is 0 Å². The summed E-state index contributed by atoms with van der Waals surface area (Å²) in [4.78, 5) is 0.949. The first-order valence-electron chi connectivity index (χ1n) is 4.33. The fraction of sp³-hybridized carbons (Fsp3) is 0.273. The first-order valence-corrected chi connectivity index (χ1v) is 5.53. The lowest BCUT2D eigenvalue weighted by Gasteiger charge is -2.14. The molecule has 0 atom stereocenters. The summed E-state index contributed by atoms with van der Waals surface area (Å²) in [5.41, 5.74) is -1.00. The highest BCUT2D eigenvalue weighted by Gasteiger charge is 2.29. The predicted octanol–water partition coefficient (Wildman–Crippen LogP) is 3.55. The van der Waals surface area contributed by atoms with Crippen LogP contribution in [0, 0.1) is 28.1 Å². The molecule has 0 N–H and O–H groups in total. The molecule has 0 aromatic carbocycles. The Morgan fingerprint density at radius 1 is 1.47 bits per heavy atom. The molecule has 0 saturated heterocycles. The van der Waals surface area contributed by atoms with Crippen LogP contribution < -0.4 is 0 Å². The second kappa shape index (κ2) is 4.98. The minimum Gasteiger partial charge on any atom is -0.197 e. The quantitative estimate of drug-likeness (QED) is 0.751. The Bertz CT molecular complexity index is 422. The lowest BCUT2D eigenvalue weighted by atomic mass is 9.84. The fourth-order valence-electron chi connectivity index (χ4n) is 1.26. The van der Waals surface area contributed by atoms with Crippen molar-refractivity contribution in [3.8, 4) is 12.1 Å². The minimum absolute atomic E-state index is 0.371. The number of allylic oxidation sites excluding steroid dienone is 1. The molecule has 0 spiro atoms. The van der Waals surface area contributed by atoms with Gasteiger partial charge in [-0.25, -0.2) is 0 Å². The number of hydrogen-bond donors (Lipinski definition) is 0. The van der Waals surface area contributed by atoms with E-state index in [-0.39, 0.29) is 0 Å². The monoisotopic (exact) mass is 236 g/mol. The lowest BCUT2D eigenvalue weighted by molar-refractivity contribution is 0.531. The predicted molar refractivity (Wildman–Crippen MR) is 61.5 cm³/mol. The van der Waals surface area contributed by atoms with Gasteiger partial charge in [0.05, 0.1) is 16.5 Å². The maximum Gasteiger partial charge on any atom is 0.152 e. The van der Waals surface area contributed by atoms with Crippen LogP contribution in [0.3, 0.4) is 0 Å². The molecular weight excluding hydrogens is 228 g/mol. The number of nitrogens with zero attached hydrogens (tertiary/aromatic N) is 2. The van der Waals surface area contributed by atoms with Gasteiger partial charge in [-0.1, -0.05) is 17.7 Å². The second-order valence-corrected chi connectivity index (χ2v) is 4.98. The number of thiophene rings is 1. The van der Waals surface area contributed by atoms with E-state index in [1.807, 2.05) is 6.07 Å². The largest absolute Gasteiger partial charge is 0.197 e. The van der Waals surface area contributed by atoms with Crippen LogP contribution >= 0.6 is 22.9 Å². The molecule has 0 unspecified atom stereocenters. The van der Waals surface area contributed by atoms with Gasteiger partial charge in [0.25, 0.3) is 0 Å². The molecule has 2 nitrogen and oxygen atoms in total. The van der Waals surface area contributed by atoms with Gasteiger partial charge in [-0.3, -0.25) is 0 Å². The number of nitriles is 2. The maximum atomic E-state index is 9.03. The van der Waals surface area contributed by atoms with Gasteiger partial charge in [0.1, 0.15) is 0 Å². The van der Waals surface area contributed by atoms with Crippen LogP contribution in [-0.2, 0) is 6.42 Å².